The van der Waals surface area contributed by atoms with Crippen LogP contribution in [0.3, 0.4) is 0 Å². The van der Waals surface area contributed by atoms with Crippen LogP contribution in [-0.4, -0.2) is 30.8 Å². The van der Waals surface area contributed by atoms with Gasteiger partial charge in [0.2, 0.25) is 0 Å². The normalized spacial score (nSPS) is 13.8. The Hall–Kier alpha value is -2.24. The Kier molecular flexibility index (Phi) is 7.69. The lowest BCUT2D eigenvalue weighted by Crippen LogP contribution is -2.43. The minimum Gasteiger partial charge on any atom is -0.465 e. The van der Waals surface area contributed by atoms with E-state index >= 15 is 0 Å². The van der Waals surface area contributed by atoms with Gasteiger partial charge in [-0.1, -0.05) is 26.8 Å². The summed E-state index contributed by atoms with van der Waals surface area (Å²) in [4.78, 5) is 24.5. The van der Waals surface area contributed by atoms with Crippen LogP contribution in [0.4, 0.5) is 10.5 Å². The molecule has 152 valence electrons. The summed E-state index contributed by atoms with van der Waals surface area (Å²) in [6, 6.07) is 5.58. The monoisotopic (exact) mass is 378 g/mol. The van der Waals surface area contributed by atoms with E-state index < -0.39 is 17.1 Å². The molecule has 0 aromatic heterocycles. The Morgan fingerprint density at radius 1 is 1.19 bits per heavy atom. The zero-order valence-corrected chi connectivity index (χ0v) is 17.6. The summed E-state index contributed by atoms with van der Waals surface area (Å²) in [6.45, 7) is 13.8. The van der Waals surface area contributed by atoms with E-state index in [1.807, 2.05) is 45.9 Å². The number of alkyl carbamates (subject to hydrolysis) is 1. The molecule has 1 aromatic rings. The van der Waals surface area contributed by atoms with E-state index in [-0.39, 0.29) is 24.9 Å². The summed E-state index contributed by atoms with van der Waals surface area (Å²) in [5, 5.41) is 2.79. The molecule has 0 fully saturated rings. The van der Waals surface area contributed by atoms with Gasteiger partial charge in [-0.15, -0.1) is 0 Å². The minimum absolute atomic E-state index is 0.125. The zero-order valence-electron chi connectivity index (χ0n) is 17.6. The molecule has 0 radical (unpaired) electrons. The fourth-order valence-electron chi connectivity index (χ4n) is 2.75. The molecule has 0 aliphatic carbocycles. The smallest absolute Gasteiger partial charge is 0.407 e. The summed E-state index contributed by atoms with van der Waals surface area (Å²) < 4.78 is 10.7. The first kappa shape index (κ1) is 22.8. The predicted octanol–water partition coefficient (Wildman–Crippen LogP) is 3.95. The van der Waals surface area contributed by atoms with Gasteiger partial charge in [-0.2, -0.15) is 0 Å². The molecule has 1 unspecified atom stereocenters. The molecule has 6 nitrogen and oxygen atoms in total. The number of rotatable bonds is 7. The molecule has 0 spiro atoms. The number of nitrogens with one attached hydrogen (secondary N) is 1. The minimum atomic E-state index is -0.676. The molecule has 1 rings (SSSR count). The molecular formula is C21H34N2O4. The molecule has 0 aliphatic rings. The van der Waals surface area contributed by atoms with E-state index in [1.165, 1.54) is 0 Å². The molecule has 3 N–H and O–H groups in total. The quantitative estimate of drug-likeness (QED) is 0.554. The number of amides is 1. The Balaban J connectivity index is 3.03. The van der Waals surface area contributed by atoms with Gasteiger partial charge in [-0.3, -0.25) is 4.79 Å². The van der Waals surface area contributed by atoms with E-state index in [2.05, 4.69) is 5.32 Å². The lowest BCUT2D eigenvalue weighted by atomic mass is 9.77. The number of carbonyl (C=O) groups excluding carboxylic acids is 2. The Bertz CT molecular complexity index is 665. The lowest BCUT2D eigenvalue weighted by molar-refractivity contribution is -0.146. The molecule has 1 amide bonds. The third-order valence-electron chi connectivity index (χ3n) is 4.05. The third-order valence-corrected chi connectivity index (χ3v) is 4.05. The second-order valence-corrected chi connectivity index (χ2v) is 8.74. The summed E-state index contributed by atoms with van der Waals surface area (Å²) in [6.07, 6.45) is -0.398. The van der Waals surface area contributed by atoms with E-state index in [1.54, 1.807) is 20.8 Å². The molecule has 27 heavy (non-hydrogen) atoms. The summed E-state index contributed by atoms with van der Waals surface area (Å²) >= 11 is 0. The second kappa shape index (κ2) is 9.11. The molecule has 0 heterocycles. The first-order chi connectivity index (χ1) is 12.3. The fraction of sp³-hybridized carbons (Fsp3) is 0.619. The van der Waals surface area contributed by atoms with Crippen LogP contribution in [0.25, 0.3) is 0 Å². The standard InChI is InChI=1S/C21H34N2O4/c1-14(2)12-26-18(24)11-21(7,13-23-19(25)27-20(4,5)6)17-10-16(22)9-8-15(17)3/h8-10,14H,11-13,22H2,1-7H3,(H,23,25). The molecule has 0 bridgehead atoms. The first-order valence-electron chi connectivity index (χ1n) is 9.31. The van der Waals surface area contributed by atoms with Gasteiger partial charge in [-0.05, 0) is 56.9 Å². The maximum absolute atomic E-state index is 12.4. The number of benzene rings is 1. The van der Waals surface area contributed by atoms with Gasteiger partial charge in [0, 0.05) is 17.6 Å². The number of esters is 1. The number of ether oxygens (including phenoxy) is 2. The Morgan fingerprint density at radius 3 is 2.37 bits per heavy atom. The number of nitrogen functional groups attached to an aromatic ring is 1. The van der Waals surface area contributed by atoms with Gasteiger partial charge in [0.1, 0.15) is 5.60 Å². The average molecular weight is 379 g/mol. The Morgan fingerprint density at radius 2 is 1.81 bits per heavy atom. The van der Waals surface area contributed by atoms with Crippen molar-refractivity contribution < 1.29 is 19.1 Å². The van der Waals surface area contributed by atoms with E-state index in [0.717, 1.165) is 11.1 Å². The van der Waals surface area contributed by atoms with Crippen LogP contribution in [0.15, 0.2) is 18.2 Å². The van der Waals surface area contributed by atoms with E-state index in [9.17, 15) is 9.59 Å². The van der Waals surface area contributed by atoms with Crippen LogP contribution in [0, 0.1) is 12.8 Å². The largest absolute Gasteiger partial charge is 0.465 e. The van der Waals surface area contributed by atoms with Crippen LogP contribution < -0.4 is 11.1 Å². The summed E-state index contributed by atoms with van der Waals surface area (Å²) in [5.41, 5.74) is 7.20. The van der Waals surface area contributed by atoms with Crippen molar-refractivity contribution in [3.05, 3.63) is 29.3 Å². The Labute approximate surface area is 162 Å². The van der Waals surface area contributed by atoms with Crippen molar-refractivity contribution in [1.29, 1.82) is 0 Å². The predicted molar refractivity (Wildman–Crippen MR) is 108 cm³/mol. The zero-order chi connectivity index (χ0) is 20.8. The maximum atomic E-state index is 12.4. The molecule has 0 saturated carbocycles. The van der Waals surface area contributed by atoms with Crippen molar-refractivity contribution >= 4 is 17.7 Å². The number of nitrogens with two attached hydrogens (primary N) is 1. The van der Waals surface area contributed by atoms with Crippen molar-refractivity contribution in [2.45, 2.75) is 65.9 Å². The number of aryl methyl sites for hydroxylation is 1. The molecule has 0 aliphatic heterocycles. The number of hydrogen-bond acceptors (Lipinski definition) is 5. The molecule has 0 saturated heterocycles. The third kappa shape index (κ3) is 7.89. The topological polar surface area (TPSA) is 90.6 Å². The van der Waals surface area contributed by atoms with Crippen molar-refractivity contribution in [2.75, 3.05) is 18.9 Å². The summed E-state index contributed by atoms with van der Waals surface area (Å²) in [7, 11) is 0. The van der Waals surface area contributed by atoms with Gasteiger partial charge in [0.15, 0.2) is 0 Å². The first-order valence-corrected chi connectivity index (χ1v) is 9.31. The highest BCUT2D eigenvalue weighted by atomic mass is 16.6. The highest BCUT2D eigenvalue weighted by Gasteiger charge is 2.33. The van der Waals surface area contributed by atoms with Crippen molar-refractivity contribution in [2.24, 2.45) is 5.92 Å². The van der Waals surface area contributed by atoms with E-state index in [4.69, 9.17) is 15.2 Å². The van der Waals surface area contributed by atoms with Gasteiger partial charge >= 0.3 is 12.1 Å². The van der Waals surface area contributed by atoms with Gasteiger partial charge in [-0.25, -0.2) is 4.79 Å². The lowest BCUT2D eigenvalue weighted by Gasteiger charge is -2.32. The maximum Gasteiger partial charge on any atom is 0.407 e. The second-order valence-electron chi connectivity index (χ2n) is 8.74. The summed E-state index contributed by atoms with van der Waals surface area (Å²) in [5.74, 6) is -0.0480. The number of carbonyl (C=O) groups is 2. The van der Waals surface area contributed by atoms with Crippen LogP contribution in [-0.2, 0) is 19.7 Å². The van der Waals surface area contributed by atoms with Crippen molar-refractivity contribution in [3.8, 4) is 0 Å². The SMILES string of the molecule is Cc1ccc(N)cc1C(C)(CNC(=O)OC(C)(C)C)CC(=O)OCC(C)C. The van der Waals surface area contributed by atoms with E-state index in [0.29, 0.717) is 12.3 Å². The average Bonchev–Trinajstić information content (AvgIpc) is 2.52. The molecular weight excluding hydrogens is 344 g/mol. The molecule has 1 atom stereocenters. The van der Waals surface area contributed by atoms with Crippen LogP contribution in [0.5, 0.6) is 0 Å². The van der Waals surface area contributed by atoms with Crippen LogP contribution in [0.2, 0.25) is 0 Å². The van der Waals surface area contributed by atoms with Gasteiger partial charge in [0.05, 0.1) is 13.0 Å². The molecule has 6 heteroatoms. The van der Waals surface area contributed by atoms with Gasteiger partial charge < -0.3 is 20.5 Å². The van der Waals surface area contributed by atoms with Gasteiger partial charge in [0.25, 0.3) is 0 Å². The van der Waals surface area contributed by atoms with Crippen LogP contribution in [0.1, 0.15) is 59.1 Å². The van der Waals surface area contributed by atoms with Crippen molar-refractivity contribution in [1.82, 2.24) is 5.32 Å². The number of anilines is 1. The highest BCUT2D eigenvalue weighted by Crippen LogP contribution is 2.32. The number of hydrogen-bond donors (Lipinski definition) is 2. The highest BCUT2D eigenvalue weighted by molar-refractivity contribution is 5.73. The molecule has 1 aromatic carbocycles. The van der Waals surface area contributed by atoms with Crippen molar-refractivity contribution in [3.63, 3.8) is 0 Å². The van der Waals surface area contributed by atoms with Crippen LogP contribution >= 0.6 is 0 Å². The fourth-order valence-corrected chi connectivity index (χ4v) is 2.75.